The van der Waals surface area contributed by atoms with Crippen molar-refractivity contribution in [3.05, 3.63) is 56.8 Å². The number of nitrogens with two attached hydrogens (primary N) is 5. The molecule has 2 aliphatic rings. The number of aromatic amines is 1. The zero-order valence-corrected chi connectivity index (χ0v) is 60.5. The molecule has 0 saturated carbocycles. The lowest BCUT2D eigenvalue weighted by Gasteiger charge is -2.47. The number of aliphatic hydroxyl groups excluding tert-OH is 8. The van der Waals surface area contributed by atoms with Crippen molar-refractivity contribution in [2.24, 2.45) is 28.9 Å². The van der Waals surface area contributed by atoms with E-state index in [2.05, 4.69) is 77.8 Å². The first-order chi connectivity index (χ1) is 50.3. The largest absolute Gasteiger partial charge is 0.441 e. The molecule has 2 saturated heterocycles. The van der Waals surface area contributed by atoms with Gasteiger partial charge >= 0.3 is 6.09 Å². The van der Waals surface area contributed by atoms with E-state index in [4.69, 9.17) is 52.4 Å². The van der Waals surface area contributed by atoms with Crippen LogP contribution in [0.5, 0.6) is 0 Å². The average molecular weight is 1540 g/mol. The van der Waals surface area contributed by atoms with Gasteiger partial charge in [0.05, 0.1) is 72.7 Å². The maximum absolute atomic E-state index is 15.2. The van der Waals surface area contributed by atoms with Gasteiger partial charge in [0.25, 0.3) is 11.8 Å². The molecule has 6 heterocycles. The second kappa shape index (κ2) is 42.3. The van der Waals surface area contributed by atoms with Gasteiger partial charge in [-0.05, 0) is 72.6 Å². The molecule has 0 spiro atoms. The van der Waals surface area contributed by atoms with E-state index in [9.17, 15) is 79.2 Å². The normalized spacial score (nSPS) is 22.7. The number of carbonyl (C=O) groups is 9. The first kappa shape index (κ1) is 86.7. The van der Waals surface area contributed by atoms with Crippen molar-refractivity contribution in [3.8, 4) is 10.7 Å². The number of nitrogens with zero attached hydrogens (tertiary/aromatic N) is 5. The van der Waals surface area contributed by atoms with Crippen molar-refractivity contribution >= 4 is 81.8 Å². The third-order valence-electron chi connectivity index (χ3n) is 16.9. The monoisotopic (exact) mass is 1540 g/mol. The zero-order chi connectivity index (χ0) is 78.1. The molecule has 106 heavy (non-hydrogen) atoms. The summed E-state index contributed by atoms with van der Waals surface area (Å²) in [5.74, 6) is -8.82. The van der Waals surface area contributed by atoms with Gasteiger partial charge in [-0.25, -0.2) is 29.7 Å². The van der Waals surface area contributed by atoms with Crippen molar-refractivity contribution in [2.75, 3.05) is 71.3 Å². The quantitative estimate of drug-likeness (QED) is 0.0183. The molecule has 0 aliphatic carbocycles. The van der Waals surface area contributed by atoms with Crippen molar-refractivity contribution in [2.45, 2.75) is 183 Å². The molecule has 2 aliphatic heterocycles. The Morgan fingerprint density at radius 2 is 1.35 bits per heavy atom. The van der Waals surface area contributed by atoms with Crippen LogP contribution in [0.1, 0.15) is 115 Å². The van der Waals surface area contributed by atoms with Crippen molar-refractivity contribution < 1.29 is 108 Å². The molecule has 4 aromatic rings. The second-order valence-electron chi connectivity index (χ2n) is 25.2. The van der Waals surface area contributed by atoms with E-state index < -0.39 is 183 Å². The highest BCUT2D eigenvalue weighted by Gasteiger charge is 2.54. The minimum absolute atomic E-state index is 0.0216. The first-order valence-corrected chi connectivity index (χ1v) is 35.7. The molecular formula is C62H98N20O22S2. The Kier molecular flexibility index (Phi) is 34.6. The van der Waals surface area contributed by atoms with Crippen LogP contribution in [-0.4, -0.2) is 287 Å². The number of unbranched alkanes of at least 4 members (excludes halogenated alkanes) is 1. The number of amides is 9. The standard InChI is InChI=1S/C62H98N20O22S2/c1-26-40(79-53(82-51(26)65)32(18-38(64)87)74-19-31(63)52(66)93)57(97)81-42(48(33-20-70-25-75-33)102-61-50(46(91)44(89)36(21-83)101-61)103-60-47(92)49(104-62(67)99)45(90)37(22-84)100-60)58(98)76-28(3)43(88)27(2)54(94)80-41(29(4)85)56(96)73-17-10-39-77-35(24-105-39)59-78-34(23-106-59)55(95)72-16-9-14-69-12-7-6-11-68-13-8-15-71-30(5)86/h20,23-25,27-29,31-32,36-37,41-50,60-61,68-69,74,83-85,88-92H,6-19,21-22,63H2,1-5H3,(H2,64,87)(H2,66,93)(H2,67,99)(H,70,75)(H,71,86)(H,72,95)(H,73,96)(H,76,98)(H,80,94)(H,81,97)(H2,65,79,82)/t27-,28+,29+,31-,32-,36-,37+,41+,42-,43-,44+,45+,46-,47-,48-,49-,50-,60+,61-/m0/s1. The lowest BCUT2D eigenvalue weighted by molar-refractivity contribution is -0.372. The average Bonchev–Trinajstić information content (AvgIpc) is 0.998. The van der Waals surface area contributed by atoms with Gasteiger partial charge in [-0.2, -0.15) is 0 Å². The Morgan fingerprint density at radius 3 is 1.96 bits per heavy atom. The summed E-state index contributed by atoms with van der Waals surface area (Å²) in [7, 11) is 0. The smallest absolute Gasteiger partial charge is 0.404 e. The number of aromatic nitrogens is 6. The highest BCUT2D eigenvalue weighted by atomic mass is 32.1. The van der Waals surface area contributed by atoms with Crippen molar-refractivity contribution in [1.29, 1.82) is 0 Å². The number of rotatable bonds is 44. The fourth-order valence-corrected chi connectivity index (χ4v) is 12.5. The molecule has 2 fully saturated rings. The lowest BCUT2D eigenvalue weighted by atomic mass is 9.96. The van der Waals surface area contributed by atoms with Crippen molar-refractivity contribution in [1.82, 2.24) is 77.8 Å². The maximum atomic E-state index is 15.2. The number of nitrogens with one attached hydrogen (secondary N) is 10. The topological polar surface area (TPSA) is 680 Å². The summed E-state index contributed by atoms with van der Waals surface area (Å²) in [6.07, 6.45) is -21.7. The minimum Gasteiger partial charge on any atom is -0.441 e. The van der Waals surface area contributed by atoms with E-state index in [-0.39, 0.29) is 59.9 Å². The summed E-state index contributed by atoms with van der Waals surface area (Å²) in [5.41, 5.74) is 28.1. The van der Waals surface area contributed by atoms with Gasteiger partial charge in [0.1, 0.15) is 94.6 Å². The fourth-order valence-electron chi connectivity index (χ4n) is 10.9. The van der Waals surface area contributed by atoms with Crippen LogP contribution in [-0.2, 0) is 58.9 Å². The van der Waals surface area contributed by atoms with E-state index in [1.54, 1.807) is 10.8 Å². The summed E-state index contributed by atoms with van der Waals surface area (Å²) in [6, 6.07) is -7.89. The molecule has 4 aromatic heterocycles. The summed E-state index contributed by atoms with van der Waals surface area (Å²) < 4.78 is 28.8. The van der Waals surface area contributed by atoms with Crippen LogP contribution in [0.15, 0.2) is 23.3 Å². The molecule has 0 aromatic carbocycles. The number of nitrogen functional groups attached to an aromatic ring is 1. The van der Waals surface area contributed by atoms with Gasteiger partial charge in [-0.15, -0.1) is 22.7 Å². The van der Waals surface area contributed by atoms with Crippen LogP contribution in [0.4, 0.5) is 10.6 Å². The maximum Gasteiger partial charge on any atom is 0.404 e. The molecule has 19 atom stereocenters. The van der Waals surface area contributed by atoms with E-state index in [1.807, 2.05) is 0 Å². The number of H-pyrrole nitrogens is 1. The molecule has 0 unspecified atom stereocenters. The lowest BCUT2D eigenvalue weighted by Crippen LogP contribution is -2.65. The van der Waals surface area contributed by atoms with Gasteiger partial charge in [0.2, 0.25) is 35.4 Å². The first-order valence-electron chi connectivity index (χ1n) is 34.0. The molecule has 590 valence electrons. The predicted molar refractivity (Wildman–Crippen MR) is 373 cm³/mol. The molecule has 9 amide bonds. The number of thiazole rings is 2. The number of ether oxygens (including phenoxy) is 5. The molecule has 6 rings (SSSR count). The number of anilines is 1. The summed E-state index contributed by atoms with van der Waals surface area (Å²) in [6.45, 7) is 8.46. The zero-order valence-electron chi connectivity index (χ0n) is 58.8. The SMILES string of the molecule is CC(=O)NCCCNCCCCNCCCNC(=O)c1csc(-c2csc(CCNC(=O)[C@H](NC(=O)[C@@H](C)[C@H](O)[C@@H](C)NC(=O)[C@@H](NC(=O)c3nc([C@H](CC(N)=O)NC[C@H](N)C(N)=O)nc(N)c3C)[C@@H](O[C@@H]3O[C@@H](CO)[C@@H](O)[C@H](O)[C@@H]3O[C@H]3O[C@H](CO)[C@@H](O)[C@H](OC(N)=O)[C@@H]3O)c3cnc[nH]3)[C@@H](C)O)n2)n1. The van der Waals surface area contributed by atoms with E-state index in [0.717, 1.165) is 58.0 Å². The molecule has 0 bridgehead atoms. The van der Waals surface area contributed by atoms with Crippen LogP contribution in [0.2, 0.25) is 0 Å². The van der Waals surface area contributed by atoms with Gasteiger partial charge in [0, 0.05) is 62.3 Å². The third kappa shape index (κ3) is 25.2. The number of hydrogen-bond donors (Lipinski definition) is 23. The molecule has 28 N–H and O–H groups in total. The number of primary amides is 3. The van der Waals surface area contributed by atoms with Crippen LogP contribution < -0.4 is 76.5 Å². The third-order valence-corrected chi connectivity index (χ3v) is 18.7. The van der Waals surface area contributed by atoms with Crippen LogP contribution >= 0.6 is 22.7 Å². The number of carbonyl (C=O) groups excluding carboxylic acids is 9. The highest BCUT2D eigenvalue weighted by Crippen LogP contribution is 2.35. The Balaban J connectivity index is 1.16. The molecular weight excluding hydrogens is 1440 g/mol. The van der Waals surface area contributed by atoms with E-state index >= 15 is 4.79 Å². The predicted octanol–water partition coefficient (Wildman–Crippen LogP) is -8.10. The van der Waals surface area contributed by atoms with Gasteiger partial charge < -0.3 is 146 Å². The minimum atomic E-state index is -2.20. The van der Waals surface area contributed by atoms with Gasteiger partial charge in [-0.3, -0.25) is 38.4 Å². The Hall–Kier alpha value is -8.26. The number of aliphatic hydroxyl groups is 8. The Bertz CT molecular complexity index is 3530. The fraction of sp³-hybridized carbons (Fsp3) is 0.645. The Labute approximate surface area is 615 Å². The molecule has 42 nitrogen and oxygen atoms in total. The highest BCUT2D eigenvalue weighted by molar-refractivity contribution is 7.14. The second-order valence-corrected chi connectivity index (χ2v) is 27.0. The summed E-state index contributed by atoms with van der Waals surface area (Å²) in [5, 5.41) is 118. The van der Waals surface area contributed by atoms with E-state index in [1.165, 1.54) is 57.3 Å². The summed E-state index contributed by atoms with van der Waals surface area (Å²) >= 11 is 2.50. The van der Waals surface area contributed by atoms with Gasteiger partial charge in [0.15, 0.2) is 18.7 Å². The van der Waals surface area contributed by atoms with Gasteiger partial charge in [-0.1, -0.05) is 6.92 Å². The van der Waals surface area contributed by atoms with Crippen molar-refractivity contribution in [3.63, 3.8) is 0 Å². The number of imidazole rings is 1. The number of hydrogen-bond acceptors (Lipinski definition) is 34. The van der Waals surface area contributed by atoms with E-state index in [0.29, 0.717) is 35.2 Å². The van der Waals surface area contributed by atoms with Crippen LogP contribution in [0, 0.1) is 12.8 Å². The Morgan fingerprint density at radius 1 is 0.698 bits per heavy atom. The molecule has 0 radical (unpaired) electrons. The van der Waals surface area contributed by atoms with Crippen LogP contribution in [0.25, 0.3) is 10.7 Å². The summed E-state index contributed by atoms with van der Waals surface area (Å²) in [4.78, 5) is 142. The molecule has 44 heteroatoms. The van der Waals surface area contributed by atoms with Crippen LogP contribution in [0.3, 0.4) is 0 Å².